The van der Waals surface area contributed by atoms with Crippen LogP contribution in [0.1, 0.15) is 43.5 Å². The minimum atomic E-state index is -0.507. The zero-order valence-corrected chi connectivity index (χ0v) is 21.1. The van der Waals surface area contributed by atoms with Gasteiger partial charge in [0.2, 0.25) is 0 Å². The third-order valence-corrected chi connectivity index (χ3v) is 7.87. The van der Waals surface area contributed by atoms with Gasteiger partial charge in [-0.25, -0.2) is 24.3 Å². The molecule has 1 saturated heterocycles. The summed E-state index contributed by atoms with van der Waals surface area (Å²) in [5.74, 6) is -0.0701. The first-order valence-electron chi connectivity index (χ1n) is 12.7. The van der Waals surface area contributed by atoms with Gasteiger partial charge in [-0.3, -0.25) is 0 Å². The molecule has 0 saturated carbocycles. The van der Waals surface area contributed by atoms with E-state index in [1.54, 1.807) is 18.3 Å². The molecule has 0 amide bonds. The number of allylic oxidation sites excluding steroid dienone is 2. The zero-order valence-electron chi connectivity index (χ0n) is 21.1. The maximum absolute atomic E-state index is 15.4. The topological polar surface area (TPSA) is 104 Å². The molecule has 0 bridgehead atoms. The molecule has 190 valence electrons. The maximum atomic E-state index is 15.4. The number of nitrogens with zero attached hydrogens (tertiary/aromatic N) is 5. The summed E-state index contributed by atoms with van der Waals surface area (Å²) in [6, 6.07) is 6.80. The van der Waals surface area contributed by atoms with Crippen LogP contribution in [-0.4, -0.2) is 37.6 Å². The molecule has 4 heterocycles. The van der Waals surface area contributed by atoms with Crippen LogP contribution >= 0.6 is 0 Å². The highest BCUT2D eigenvalue weighted by molar-refractivity contribution is 6.06. The van der Waals surface area contributed by atoms with E-state index >= 15 is 4.39 Å². The number of halogens is 1. The van der Waals surface area contributed by atoms with Crippen molar-refractivity contribution in [3.63, 3.8) is 0 Å². The third-order valence-electron chi connectivity index (χ3n) is 7.87. The number of nitrogens with two attached hydrogens (primary N) is 1. The molecule has 3 aromatic heterocycles. The standard InChI is InChI=1S/C28H30FN7O/c1-17-7-12-32-27(35-17)37-21-4-3-19(15-20(21)29)22-23-25(30)33-16-34-26(23)36(2)24(22)18-5-8-28(9-6-18)10-13-31-14-11-28/h3-5,7,12,15-16,31H,6,8-11,13-14H2,1-2H3,(H2,30,33,34). The Bertz CT molecular complexity index is 1520. The van der Waals surface area contributed by atoms with Gasteiger partial charge in [0.15, 0.2) is 11.6 Å². The smallest absolute Gasteiger partial charge is 0.322 e. The Balaban J connectivity index is 1.44. The predicted molar refractivity (Wildman–Crippen MR) is 142 cm³/mol. The van der Waals surface area contributed by atoms with Crippen LogP contribution in [0.15, 0.2) is 42.9 Å². The van der Waals surface area contributed by atoms with Gasteiger partial charge in [0.25, 0.3) is 0 Å². The summed E-state index contributed by atoms with van der Waals surface area (Å²) >= 11 is 0. The van der Waals surface area contributed by atoms with Crippen molar-refractivity contribution in [3.05, 3.63) is 60.1 Å². The van der Waals surface area contributed by atoms with Crippen molar-refractivity contribution >= 4 is 22.4 Å². The molecule has 1 fully saturated rings. The zero-order chi connectivity index (χ0) is 25.6. The molecular formula is C28H30FN7O. The second-order valence-electron chi connectivity index (χ2n) is 10.2. The van der Waals surface area contributed by atoms with Crippen molar-refractivity contribution in [1.29, 1.82) is 0 Å². The highest BCUT2D eigenvalue weighted by atomic mass is 19.1. The van der Waals surface area contributed by atoms with E-state index in [1.165, 1.54) is 30.8 Å². The van der Waals surface area contributed by atoms with Crippen LogP contribution in [0.3, 0.4) is 0 Å². The lowest BCUT2D eigenvalue weighted by Crippen LogP contribution is -2.37. The van der Waals surface area contributed by atoms with Crippen molar-refractivity contribution in [3.8, 4) is 22.9 Å². The number of rotatable bonds is 4. The van der Waals surface area contributed by atoms with Crippen LogP contribution in [0.4, 0.5) is 10.2 Å². The molecule has 1 aromatic carbocycles. The Hall–Kier alpha value is -3.85. The number of hydrogen-bond acceptors (Lipinski definition) is 7. The summed E-state index contributed by atoms with van der Waals surface area (Å²) in [6.07, 6.45) is 11.0. The van der Waals surface area contributed by atoms with Gasteiger partial charge in [-0.1, -0.05) is 12.1 Å². The van der Waals surface area contributed by atoms with Crippen LogP contribution in [0.25, 0.3) is 27.7 Å². The molecule has 8 nitrogen and oxygen atoms in total. The largest absolute Gasteiger partial charge is 0.421 e. The Kier molecular flexibility index (Phi) is 5.87. The summed E-state index contributed by atoms with van der Waals surface area (Å²) in [7, 11) is 1.99. The highest BCUT2D eigenvalue weighted by Gasteiger charge is 2.35. The van der Waals surface area contributed by atoms with Crippen molar-refractivity contribution in [2.75, 3.05) is 18.8 Å². The van der Waals surface area contributed by atoms with E-state index in [2.05, 4.69) is 35.9 Å². The fourth-order valence-electron chi connectivity index (χ4n) is 5.82. The van der Waals surface area contributed by atoms with E-state index in [0.29, 0.717) is 16.8 Å². The van der Waals surface area contributed by atoms with Gasteiger partial charge in [0.05, 0.1) is 11.1 Å². The van der Waals surface area contributed by atoms with E-state index in [9.17, 15) is 0 Å². The molecular weight excluding hydrogens is 469 g/mol. The number of nitrogens with one attached hydrogen (secondary N) is 1. The number of fused-ring (bicyclic) bond motifs is 1. The number of piperidine rings is 1. The maximum Gasteiger partial charge on any atom is 0.322 e. The highest BCUT2D eigenvalue weighted by Crippen LogP contribution is 2.48. The Labute approximate surface area is 214 Å². The number of aromatic nitrogens is 5. The molecule has 3 N–H and O–H groups in total. The average Bonchev–Trinajstić information content (AvgIpc) is 3.20. The molecule has 2 aliphatic rings. The van der Waals surface area contributed by atoms with E-state index < -0.39 is 5.82 Å². The summed E-state index contributed by atoms with van der Waals surface area (Å²) < 4.78 is 23.1. The molecule has 0 unspecified atom stereocenters. The van der Waals surface area contributed by atoms with Gasteiger partial charge in [-0.2, -0.15) is 0 Å². The molecule has 9 heteroatoms. The van der Waals surface area contributed by atoms with E-state index in [0.717, 1.165) is 60.3 Å². The minimum Gasteiger partial charge on any atom is -0.421 e. The predicted octanol–water partition coefficient (Wildman–Crippen LogP) is 5.18. The van der Waals surface area contributed by atoms with E-state index in [4.69, 9.17) is 10.5 Å². The first-order chi connectivity index (χ1) is 17.9. The van der Waals surface area contributed by atoms with Crippen LogP contribution < -0.4 is 15.8 Å². The number of benzene rings is 1. The summed E-state index contributed by atoms with van der Waals surface area (Å²) in [4.78, 5) is 17.1. The SMILES string of the molecule is Cc1ccnc(Oc2ccc(-c3c(C4=CCC5(CCNCC5)CC4)n(C)c4ncnc(N)c34)cc2F)n1. The number of aryl methyl sites for hydroxylation is 2. The average molecular weight is 500 g/mol. The van der Waals surface area contributed by atoms with Crippen LogP contribution in [0.5, 0.6) is 11.8 Å². The third kappa shape index (κ3) is 4.23. The van der Waals surface area contributed by atoms with Gasteiger partial charge in [0, 0.05) is 24.5 Å². The molecule has 0 radical (unpaired) electrons. The summed E-state index contributed by atoms with van der Waals surface area (Å²) in [5, 5.41) is 4.22. The Morgan fingerprint density at radius 2 is 1.95 bits per heavy atom. The number of ether oxygens (including phenoxy) is 1. The van der Waals surface area contributed by atoms with Crippen LogP contribution in [-0.2, 0) is 7.05 Å². The van der Waals surface area contributed by atoms with Crippen molar-refractivity contribution in [2.24, 2.45) is 12.5 Å². The van der Waals surface area contributed by atoms with Gasteiger partial charge < -0.3 is 20.4 Å². The van der Waals surface area contributed by atoms with E-state index in [1.807, 2.05) is 20.0 Å². The van der Waals surface area contributed by atoms with Crippen LogP contribution in [0.2, 0.25) is 0 Å². The Morgan fingerprint density at radius 3 is 2.68 bits per heavy atom. The number of nitrogen functional groups attached to an aromatic ring is 1. The van der Waals surface area contributed by atoms with Gasteiger partial charge in [0.1, 0.15) is 17.8 Å². The number of hydrogen-bond donors (Lipinski definition) is 2. The van der Waals surface area contributed by atoms with Crippen molar-refractivity contribution in [1.82, 2.24) is 29.8 Å². The lowest BCUT2D eigenvalue weighted by molar-refractivity contribution is 0.184. The lowest BCUT2D eigenvalue weighted by Gasteiger charge is -2.40. The number of anilines is 1. The van der Waals surface area contributed by atoms with E-state index in [-0.39, 0.29) is 11.8 Å². The fraction of sp³-hybridized carbons (Fsp3) is 0.357. The van der Waals surface area contributed by atoms with Crippen molar-refractivity contribution in [2.45, 2.75) is 39.0 Å². The molecule has 1 aliphatic carbocycles. The van der Waals surface area contributed by atoms with Gasteiger partial charge in [-0.15, -0.1) is 0 Å². The fourth-order valence-corrected chi connectivity index (χ4v) is 5.82. The molecule has 37 heavy (non-hydrogen) atoms. The summed E-state index contributed by atoms with van der Waals surface area (Å²) in [5.41, 5.74) is 12.0. The van der Waals surface area contributed by atoms with Crippen LogP contribution in [0, 0.1) is 18.2 Å². The molecule has 6 rings (SSSR count). The van der Waals surface area contributed by atoms with Gasteiger partial charge >= 0.3 is 6.01 Å². The summed E-state index contributed by atoms with van der Waals surface area (Å²) in [6.45, 7) is 3.99. The molecule has 1 spiro atoms. The second kappa shape index (κ2) is 9.23. The molecule has 4 aromatic rings. The quantitative estimate of drug-likeness (QED) is 0.398. The van der Waals surface area contributed by atoms with Crippen molar-refractivity contribution < 1.29 is 9.13 Å². The Morgan fingerprint density at radius 1 is 1.11 bits per heavy atom. The second-order valence-corrected chi connectivity index (χ2v) is 10.2. The first-order valence-corrected chi connectivity index (χ1v) is 12.7. The molecule has 1 aliphatic heterocycles. The normalized spacial score (nSPS) is 17.2. The lowest BCUT2D eigenvalue weighted by atomic mass is 9.68. The monoisotopic (exact) mass is 499 g/mol. The van der Waals surface area contributed by atoms with Gasteiger partial charge in [-0.05, 0) is 86.9 Å². The molecule has 0 atom stereocenters. The first kappa shape index (κ1) is 23.5. The minimum absolute atomic E-state index is 0.0603.